The summed E-state index contributed by atoms with van der Waals surface area (Å²) in [6, 6.07) is 0. The largest absolute Gasteiger partial charge is 0.358 e. The van der Waals surface area contributed by atoms with Gasteiger partial charge in [-0.05, 0) is 12.8 Å². The molecule has 92 valence electrons. The van der Waals surface area contributed by atoms with E-state index in [-0.39, 0.29) is 36.1 Å². The average Bonchev–Trinajstić information content (AvgIpc) is 2.54. The number of halogens is 1. The Morgan fingerprint density at radius 3 is 2.76 bits per heavy atom. The van der Waals surface area contributed by atoms with Crippen molar-refractivity contribution in [2.75, 3.05) is 13.6 Å². The molecule has 0 radical (unpaired) electrons. The van der Waals surface area contributed by atoms with Gasteiger partial charge in [-0.15, -0.1) is 0 Å². The smallest absolute Gasteiger partial charge is 0.239 e. The Kier molecular flexibility index (Phi) is 3.19. The first-order chi connectivity index (χ1) is 8.04. The second kappa shape index (κ2) is 4.49. The van der Waals surface area contributed by atoms with Gasteiger partial charge in [0.15, 0.2) is 0 Å². The zero-order valence-electron chi connectivity index (χ0n) is 9.40. The normalized spacial score (nSPS) is 27.9. The van der Waals surface area contributed by atoms with Crippen LogP contribution in [0.5, 0.6) is 0 Å². The first-order valence-electron chi connectivity index (χ1n) is 5.45. The number of hydrogen-bond donors (Lipinski definition) is 1. The average molecular weight is 257 g/mol. The van der Waals surface area contributed by atoms with Crippen molar-refractivity contribution in [2.45, 2.75) is 12.8 Å². The number of allylic oxidation sites excluding steroid dienone is 2. The van der Waals surface area contributed by atoms with E-state index in [4.69, 9.17) is 11.6 Å². The third kappa shape index (κ3) is 2.07. The number of amides is 3. The lowest BCUT2D eigenvalue weighted by Gasteiger charge is -2.17. The minimum atomic E-state index is -0.385. The van der Waals surface area contributed by atoms with Gasteiger partial charge in [0.25, 0.3) is 0 Å². The number of carbonyl (C=O) groups excluding carboxylic acids is 3. The fourth-order valence-corrected chi connectivity index (χ4v) is 2.53. The van der Waals surface area contributed by atoms with Gasteiger partial charge < -0.3 is 5.32 Å². The van der Waals surface area contributed by atoms with Crippen molar-refractivity contribution in [1.29, 1.82) is 0 Å². The highest BCUT2D eigenvalue weighted by molar-refractivity contribution is 6.30. The molecule has 2 rings (SSSR count). The molecule has 2 aliphatic rings. The zero-order valence-corrected chi connectivity index (χ0v) is 10.2. The Morgan fingerprint density at radius 1 is 1.47 bits per heavy atom. The van der Waals surface area contributed by atoms with Crippen LogP contribution in [0.15, 0.2) is 11.1 Å². The molecule has 1 N–H and O–H groups in total. The predicted octanol–water partition coefficient (Wildman–Crippen LogP) is 0.250. The van der Waals surface area contributed by atoms with Gasteiger partial charge >= 0.3 is 0 Å². The number of fused-ring (bicyclic) bond motifs is 1. The van der Waals surface area contributed by atoms with Crippen molar-refractivity contribution < 1.29 is 14.4 Å². The van der Waals surface area contributed by atoms with Crippen LogP contribution in [-0.2, 0) is 14.4 Å². The topological polar surface area (TPSA) is 66.5 Å². The molecule has 2 atom stereocenters. The summed E-state index contributed by atoms with van der Waals surface area (Å²) >= 11 is 5.88. The molecule has 17 heavy (non-hydrogen) atoms. The molecule has 1 aliphatic heterocycles. The molecule has 1 saturated heterocycles. The van der Waals surface area contributed by atoms with E-state index in [2.05, 4.69) is 5.32 Å². The van der Waals surface area contributed by atoms with Crippen molar-refractivity contribution >= 4 is 29.3 Å². The molecule has 0 unspecified atom stereocenters. The van der Waals surface area contributed by atoms with Crippen molar-refractivity contribution in [3.8, 4) is 0 Å². The number of hydrogen-bond acceptors (Lipinski definition) is 3. The van der Waals surface area contributed by atoms with Crippen molar-refractivity contribution in [2.24, 2.45) is 11.8 Å². The van der Waals surface area contributed by atoms with Gasteiger partial charge in [-0.1, -0.05) is 17.7 Å². The van der Waals surface area contributed by atoms with Crippen LogP contribution in [0.1, 0.15) is 12.8 Å². The maximum absolute atomic E-state index is 12.0. The van der Waals surface area contributed by atoms with Crippen LogP contribution >= 0.6 is 11.6 Å². The molecule has 0 saturated carbocycles. The van der Waals surface area contributed by atoms with Crippen LogP contribution in [-0.4, -0.2) is 36.2 Å². The molecule has 1 aliphatic carbocycles. The molecule has 0 aromatic rings. The highest BCUT2D eigenvalue weighted by atomic mass is 35.5. The summed E-state index contributed by atoms with van der Waals surface area (Å²) in [5.74, 6) is -1.61. The van der Waals surface area contributed by atoms with E-state index >= 15 is 0 Å². The van der Waals surface area contributed by atoms with Crippen molar-refractivity contribution in [1.82, 2.24) is 10.2 Å². The third-order valence-electron chi connectivity index (χ3n) is 3.24. The summed E-state index contributed by atoms with van der Waals surface area (Å²) < 4.78 is 0. The summed E-state index contributed by atoms with van der Waals surface area (Å²) in [6.07, 6.45) is 2.66. The lowest BCUT2D eigenvalue weighted by atomic mass is 9.85. The number of nitrogens with one attached hydrogen (secondary N) is 1. The predicted molar refractivity (Wildman–Crippen MR) is 60.9 cm³/mol. The number of likely N-dealkylation sites (N-methyl/N-ethyl adjacent to an activating group) is 1. The molecule has 5 nitrogen and oxygen atoms in total. The number of nitrogens with zero attached hydrogens (tertiary/aromatic N) is 1. The zero-order chi connectivity index (χ0) is 12.6. The van der Waals surface area contributed by atoms with Crippen LogP contribution in [0, 0.1) is 11.8 Å². The van der Waals surface area contributed by atoms with Crippen molar-refractivity contribution in [3.05, 3.63) is 11.1 Å². The van der Waals surface area contributed by atoms with Gasteiger partial charge in [0.2, 0.25) is 17.7 Å². The Balaban J connectivity index is 2.16. The maximum Gasteiger partial charge on any atom is 0.239 e. The second-order valence-corrected chi connectivity index (χ2v) is 4.73. The quantitative estimate of drug-likeness (QED) is 0.721. The lowest BCUT2D eigenvalue weighted by Crippen LogP contribution is -2.39. The van der Waals surface area contributed by atoms with Gasteiger partial charge in [0, 0.05) is 12.1 Å². The second-order valence-electron chi connectivity index (χ2n) is 4.24. The summed E-state index contributed by atoms with van der Waals surface area (Å²) in [4.78, 5) is 36.2. The first kappa shape index (κ1) is 12.1. The Morgan fingerprint density at radius 2 is 2.12 bits per heavy atom. The van der Waals surface area contributed by atoms with Crippen molar-refractivity contribution in [3.63, 3.8) is 0 Å². The summed E-state index contributed by atoms with van der Waals surface area (Å²) in [5.41, 5.74) is 0. The fraction of sp³-hybridized carbons (Fsp3) is 0.545. The van der Waals surface area contributed by atoms with E-state index in [0.717, 1.165) is 4.90 Å². The molecule has 0 aromatic heterocycles. The van der Waals surface area contributed by atoms with Gasteiger partial charge in [-0.3, -0.25) is 19.3 Å². The van der Waals surface area contributed by atoms with E-state index < -0.39 is 0 Å². The monoisotopic (exact) mass is 256 g/mol. The highest BCUT2D eigenvalue weighted by Crippen LogP contribution is 2.38. The minimum absolute atomic E-state index is 0.196. The minimum Gasteiger partial charge on any atom is -0.358 e. The Hall–Kier alpha value is -1.36. The molecule has 1 fully saturated rings. The third-order valence-corrected chi connectivity index (χ3v) is 3.55. The summed E-state index contributed by atoms with van der Waals surface area (Å²) in [7, 11) is 1.47. The number of rotatable bonds is 2. The van der Waals surface area contributed by atoms with Crippen LogP contribution in [0.4, 0.5) is 0 Å². The molecular formula is C11H13ClN2O3. The molecule has 6 heteroatoms. The lowest BCUT2D eigenvalue weighted by molar-refractivity contribution is -0.143. The Labute approximate surface area is 104 Å². The molecule has 1 heterocycles. The van der Waals surface area contributed by atoms with Crippen LogP contribution < -0.4 is 5.32 Å². The van der Waals surface area contributed by atoms with Crippen LogP contribution in [0.2, 0.25) is 0 Å². The SMILES string of the molecule is CNC(=O)CN1C(=O)[C@H]2CC(Cl)=CC[C@H]2C1=O. The molecular weight excluding hydrogens is 244 g/mol. The Bertz CT molecular complexity index is 419. The summed E-state index contributed by atoms with van der Waals surface area (Å²) in [5, 5.41) is 3.02. The van der Waals surface area contributed by atoms with Crippen LogP contribution in [0.25, 0.3) is 0 Å². The number of imide groups is 1. The summed E-state index contributed by atoms with van der Waals surface area (Å²) in [6.45, 7) is -0.196. The van der Waals surface area contributed by atoms with E-state index in [9.17, 15) is 14.4 Å². The van der Waals surface area contributed by atoms with E-state index in [1.54, 1.807) is 6.08 Å². The van der Waals surface area contributed by atoms with Crippen LogP contribution in [0.3, 0.4) is 0 Å². The highest BCUT2D eigenvalue weighted by Gasteiger charge is 2.48. The van der Waals surface area contributed by atoms with Gasteiger partial charge in [0.1, 0.15) is 6.54 Å². The molecule has 3 amide bonds. The van der Waals surface area contributed by atoms with E-state index in [0.29, 0.717) is 17.9 Å². The number of carbonyl (C=O) groups is 3. The van der Waals surface area contributed by atoms with Gasteiger partial charge in [0.05, 0.1) is 11.8 Å². The molecule has 0 aromatic carbocycles. The first-order valence-corrected chi connectivity index (χ1v) is 5.82. The van der Waals surface area contributed by atoms with E-state index in [1.807, 2.05) is 0 Å². The van der Waals surface area contributed by atoms with Gasteiger partial charge in [-0.2, -0.15) is 0 Å². The molecule has 0 spiro atoms. The van der Waals surface area contributed by atoms with E-state index in [1.165, 1.54) is 7.05 Å². The number of likely N-dealkylation sites (tertiary alicyclic amines) is 1. The maximum atomic E-state index is 12.0. The molecule has 0 bridgehead atoms. The fourth-order valence-electron chi connectivity index (χ4n) is 2.27. The standard InChI is InChI=1S/C11H13ClN2O3/c1-13-9(15)5-14-10(16)7-3-2-6(12)4-8(7)11(14)17/h2,7-8H,3-5H2,1H3,(H,13,15)/t7-,8+/m1/s1. The van der Waals surface area contributed by atoms with Gasteiger partial charge in [-0.25, -0.2) is 0 Å².